The van der Waals surface area contributed by atoms with Gasteiger partial charge in [0.15, 0.2) is 0 Å². The summed E-state index contributed by atoms with van der Waals surface area (Å²) in [6, 6.07) is 1.83. The van der Waals surface area contributed by atoms with Crippen molar-refractivity contribution >= 4 is 6.09 Å². The highest BCUT2D eigenvalue weighted by Gasteiger charge is 2.17. The first-order valence-corrected chi connectivity index (χ1v) is 7.30. The number of aromatic amines is 1. The van der Waals surface area contributed by atoms with E-state index in [1.807, 2.05) is 0 Å². The molecule has 0 saturated heterocycles. The summed E-state index contributed by atoms with van der Waals surface area (Å²) in [5, 5.41) is 6.74. The van der Waals surface area contributed by atoms with Crippen molar-refractivity contribution in [1.82, 2.24) is 25.1 Å². The number of hydrogen-bond donors (Lipinski definition) is 2. The van der Waals surface area contributed by atoms with Gasteiger partial charge in [-0.25, -0.2) is 14.5 Å². The molecule has 0 atom stereocenters. The van der Waals surface area contributed by atoms with E-state index in [1.165, 1.54) is 17.3 Å². The summed E-state index contributed by atoms with van der Waals surface area (Å²) in [7, 11) is 0. The van der Waals surface area contributed by atoms with E-state index in [-0.39, 0.29) is 17.7 Å². The summed E-state index contributed by atoms with van der Waals surface area (Å²) < 4.78 is 6.44. The van der Waals surface area contributed by atoms with Crippen LogP contribution in [0, 0.1) is 0 Å². The van der Waals surface area contributed by atoms with Crippen LogP contribution in [-0.2, 0) is 0 Å². The van der Waals surface area contributed by atoms with Crippen LogP contribution in [0.15, 0.2) is 29.5 Å². The first-order valence-electron chi connectivity index (χ1n) is 7.30. The van der Waals surface area contributed by atoms with Gasteiger partial charge in [0.1, 0.15) is 0 Å². The number of aromatic nitrogens is 4. The Labute approximate surface area is 126 Å². The second kappa shape index (κ2) is 6.42. The van der Waals surface area contributed by atoms with Gasteiger partial charge in [-0.2, -0.15) is 5.10 Å². The average molecular weight is 303 g/mol. The van der Waals surface area contributed by atoms with Crippen molar-refractivity contribution in [2.24, 2.45) is 0 Å². The molecule has 2 aromatic heterocycles. The van der Waals surface area contributed by atoms with Crippen molar-refractivity contribution in [3.05, 3.63) is 35.0 Å². The van der Waals surface area contributed by atoms with E-state index in [0.717, 1.165) is 25.7 Å². The maximum atomic E-state index is 11.9. The maximum Gasteiger partial charge on any atom is 0.413 e. The van der Waals surface area contributed by atoms with Crippen LogP contribution in [0.25, 0.3) is 5.95 Å². The van der Waals surface area contributed by atoms with E-state index in [2.05, 4.69) is 20.4 Å². The molecule has 2 aromatic rings. The Morgan fingerprint density at radius 2 is 2.18 bits per heavy atom. The third-order valence-corrected chi connectivity index (χ3v) is 3.60. The molecule has 22 heavy (non-hydrogen) atoms. The van der Waals surface area contributed by atoms with Crippen molar-refractivity contribution in [1.29, 1.82) is 0 Å². The second-order valence-corrected chi connectivity index (χ2v) is 5.22. The summed E-state index contributed by atoms with van der Waals surface area (Å²) >= 11 is 0. The van der Waals surface area contributed by atoms with E-state index >= 15 is 0 Å². The Bertz CT molecular complexity index is 689. The first kappa shape index (κ1) is 14.3. The molecule has 0 bridgehead atoms. The zero-order valence-electron chi connectivity index (χ0n) is 12.0. The molecule has 1 aliphatic carbocycles. The van der Waals surface area contributed by atoms with E-state index < -0.39 is 11.7 Å². The van der Waals surface area contributed by atoms with Crippen molar-refractivity contribution in [3.8, 4) is 11.7 Å². The van der Waals surface area contributed by atoms with E-state index in [4.69, 9.17) is 4.74 Å². The molecular formula is C14H17N5O3. The summed E-state index contributed by atoms with van der Waals surface area (Å²) in [4.78, 5) is 30.3. The van der Waals surface area contributed by atoms with Gasteiger partial charge in [0.25, 0.3) is 5.56 Å². The minimum absolute atomic E-state index is 0.122. The van der Waals surface area contributed by atoms with Gasteiger partial charge in [0.05, 0.1) is 6.20 Å². The molecule has 3 rings (SSSR count). The smallest absolute Gasteiger partial charge is 0.403 e. The van der Waals surface area contributed by atoms with Crippen LogP contribution >= 0.6 is 0 Å². The molecule has 2 N–H and O–H groups in total. The van der Waals surface area contributed by atoms with E-state index in [9.17, 15) is 9.59 Å². The third kappa shape index (κ3) is 3.33. The number of rotatable bonds is 3. The van der Waals surface area contributed by atoms with Crippen LogP contribution in [0.3, 0.4) is 0 Å². The van der Waals surface area contributed by atoms with Crippen molar-refractivity contribution in [2.45, 2.75) is 38.1 Å². The Morgan fingerprint density at radius 3 is 2.86 bits per heavy atom. The first-order chi connectivity index (χ1) is 10.7. The molecule has 1 saturated carbocycles. The zero-order chi connectivity index (χ0) is 15.4. The molecule has 1 amide bonds. The Kier molecular flexibility index (Phi) is 4.17. The molecule has 2 heterocycles. The number of carbonyl (C=O) groups excluding carboxylic acids is 1. The van der Waals surface area contributed by atoms with Crippen LogP contribution in [0.5, 0.6) is 5.75 Å². The summed E-state index contributed by atoms with van der Waals surface area (Å²) in [5.41, 5.74) is -0.528. The molecule has 1 fully saturated rings. The largest absolute Gasteiger partial charge is 0.413 e. The lowest BCUT2D eigenvalue weighted by molar-refractivity contribution is 0.191. The highest BCUT2D eigenvalue weighted by molar-refractivity contribution is 5.70. The van der Waals surface area contributed by atoms with Crippen LogP contribution in [-0.4, -0.2) is 31.9 Å². The fourth-order valence-electron chi connectivity index (χ4n) is 2.50. The normalized spacial score (nSPS) is 15.5. The fraction of sp³-hybridized carbons (Fsp3) is 0.429. The van der Waals surface area contributed by atoms with Gasteiger partial charge in [-0.1, -0.05) is 19.3 Å². The monoisotopic (exact) mass is 303 g/mol. The average Bonchev–Trinajstić information content (AvgIpc) is 3.04. The quantitative estimate of drug-likeness (QED) is 0.891. The van der Waals surface area contributed by atoms with Gasteiger partial charge in [0.2, 0.25) is 11.7 Å². The van der Waals surface area contributed by atoms with E-state index in [1.54, 1.807) is 18.5 Å². The fourth-order valence-corrected chi connectivity index (χ4v) is 2.50. The van der Waals surface area contributed by atoms with Gasteiger partial charge in [-0.05, 0) is 18.9 Å². The standard InChI is InChI=1S/C14H17N5O3/c20-12-11(9-15-13(18-12)19-8-4-7-16-19)22-14(21)17-10-5-2-1-3-6-10/h4,7-10H,1-3,5-6H2,(H,17,21)(H,15,18,20). The SMILES string of the molecule is O=C(NC1CCCCC1)Oc1cnc(-n2cccn2)[nH]c1=O. The molecule has 0 spiro atoms. The molecule has 0 radical (unpaired) electrons. The lowest BCUT2D eigenvalue weighted by atomic mass is 9.96. The summed E-state index contributed by atoms with van der Waals surface area (Å²) in [5.74, 6) is 0.124. The van der Waals surface area contributed by atoms with Gasteiger partial charge < -0.3 is 10.1 Å². The molecule has 8 heteroatoms. The number of nitrogens with one attached hydrogen (secondary N) is 2. The summed E-state index contributed by atoms with van der Waals surface area (Å²) in [6.07, 6.45) is 9.12. The van der Waals surface area contributed by atoms with Gasteiger partial charge >= 0.3 is 6.09 Å². The lowest BCUT2D eigenvalue weighted by Crippen LogP contribution is -2.38. The topological polar surface area (TPSA) is 102 Å². The molecule has 1 aliphatic rings. The molecule has 0 aliphatic heterocycles. The van der Waals surface area contributed by atoms with Gasteiger partial charge in [-0.3, -0.25) is 9.78 Å². The number of nitrogens with zero attached hydrogens (tertiary/aromatic N) is 3. The second-order valence-electron chi connectivity index (χ2n) is 5.22. The molecule has 116 valence electrons. The van der Waals surface area contributed by atoms with Gasteiger partial charge in [0, 0.05) is 18.4 Å². The Morgan fingerprint density at radius 1 is 1.36 bits per heavy atom. The minimum Gasteiger partial charge on any atom is -0.403 e. The predicted molar refractivity (Wildman–Crippen MR) is 78.0 cm³/mol. The Balaban J connectivity index is 1.65. The number of hydrogen-bond acceptors (Lipinski definition) is 5. The number of H-pyrrole nitrogens is 1. The van der Waals surface area contributed by atoms with Crippen molar-refractivity contribution in [3.63, 3.8) is 0 Å². The van der Waals surface area contributed by atoms with Crippen LogP contribution in [0.4, 0.5) is 4.79 Å². The van der Waals surface area contributed by atoms with Crippen molar-refractivity contribution in [2.75, 3.05) is 0 Å². The van der Waals surface area contributed by atoms with E-state index in [0.29, 0.717) is 0 Å². The molecule has 0 unspecified atom stereocenters. The lowest BCUT2D eigenvalue weighted by Gasteiger charge is -2.22. The Hall–Kier alpha value is -2.64. The predicted octanol–water partition coefficient (Wildman–Crippen LogP) is 1.38. The zero-order valence-corrected chi connectivity index (χ0v) is 12.0. The minimum atomic E-state index is -0.619. The maximum absolute atomic E-state index is 11.9. The summed E-state index contributed by atoms with van der Waals surface area (Å²) in [6.45, 7) is 0. The van der Waals surface area contributed by atoms with Crippen LogP contribution in [0.2, 0.25) is 0 Å². The van der Waals surface area contributed by atoms with Crippen molar-refractivity contribution < 1.29 is 9.53 Å². The molecule has 8 nitrogen and oxygen atoms in total. The number of amides is 1. The third-order valence-electron chi connectivity index (χ3n) is 3.60. The highest BCUT2D eigenvalue weighted by Crippen LogP contribution is 2.17. The number of ether oxygens (including phenoxy) is 1. The molecule has 0 aromatic carbocycles. The van der Waals surface area contributed by atoms with Crippen LogP contribution in [0.1, 0.15) is 32.1 Å². The highest BCUT2D eigenvalue weighted by atomic mass is 16.6. The molecular weight excluding hydrogens is 286 g/mol. The van der Waals surface area contributed by atoms with Gasteiger partial charge in [-0.15, -0.1) is 0 Å². The number of carbonyl (C=O) groups is 1. The van der Waals surface area contributed by atoms with Crippen LogP contribution < -0.4 is 15.6 Å².